The van der Waals surface area contributed by atoms with Gasteiger partial charge in [0.15, 0.2) is 0 Å². The van der Waals surface area contributed by atoms with Crippen molar-refractivity contribution in [3.8, 4) is 0 Å². The molecular weight excluding hydrogens is 274 g/mol. The van der Waals surface area contributed by atoms with E-state index in [1.807, 2.05) is 0 Å². The van der Waals surface area contributed by atoms with Crippen LogP contribution in [0.1, 0.15) is 57.1 Å². The smallest absolute Gasteiger partial charge is 0.146 e. The van der Waals surface area contributed by atoms with Gasteiger partial charge in [0.25, 0.3) is 0 Å². The molecule has 0 spiro atoms. The Morgan fingerprint density at radius 3 is 2.64 bits per heavy atom. The standard InChI is InChI=1S/C17H31N5/c1-3-15-6-4-5-11-22(15)13-17-20-19-16(21(17)2)12-14-7-9-18-10-8-14/h14-15,18H,3-13H2,1-2H3/t15-/m0/s1. The number of aromatic nitrogens is 3. The van der Waals surface area contributed by atoms with Gasteiger partial charge in [0, 0.05) is 19.5 Å². The van der Waals surface area contributed by atoms with E-state index in [-0.39, 0.29) is 0 Å². The van der Waals surface area contributed by atoms with Gasteiger partial charge in [0.2, 0.25) is 0 Å². The van der Waals surface area contributed by atoms with Crippen molar-refractivity contribution >= 4 is 0 Å². The zero-order valence-corrected chi connectivity index (χ0v) is 14.2. The molecule has 0 aliphatic carbocycles. The van der Waals surface area contributed by atoms with Gasteiger partial charge in [-0.1, -0.05) is 13.3 Å². The van der Waals surface area contributed by atoms with Gasteiger partial charge in [-0.05, 0) is 57.7 Å². The van der Waals surface area contributed by atoms with Gasteiger partial charge in [-0.3, -0.25) is 4.90 Å². The molecule has 1 atom stereocenters. The lowest BCUT2D eigenvalue weighted by Crippen LogP contribution is -2.39. The summed E-state index contributed by atoms with van der Waals surface area (Å²) in [6.07, 6.45) is 8.93. The summed E-state index contributed by atoms with van der Waals surface area (Å²) in [7, 11) is 2.15. The highest BCUT2D eigenvalue weighted by molar-refractivity contribution is 4.98. The second-order valence-corrected chi connectivity index (χ2v) is 7.02. The molecular formula is C17H31N5. The number of likely N-dealkylation sites (tertiary alicyclic amines) is 1. The Morgan fingerprint density at radius 2 is 1.86 bits per heavy atom. The third-order valence-corrected chi connectivity index (χ3v) is 5.55. The van der Waals surface area contributed by atoms with Crippen molar-refractivity contribution in [2.75, 3.05) is 19.6 Å². The van der Waals surface area contributed by atoms with E-state index in [2.05, 4.69) is 39.0 Å². The largest absolute Gasteiger partial charge is 0.317 e. The second-order valence-electron chi connectivity index (χ2n) is 7.02. The Morgan fingerprint density at radius 1 is 1.09 bits per heavy atom. The quantitative estimate of drug-likeness (QED) is 0.905. The van der Waals surface area contributed by atoms with E-state index in [0.717, 1.165) is 43.8 Å². The molecule has 0 aromatic carbocycles. The van der Waals surface area contributed by atoms with Crippen LogP contribution in [0.2, 0.25) is 0 Å². The minimum absolute atomic E-state index is 0.735. The molecule has 0 bridgehead atoms. The van der Waals surface area contributed by atoms with Gasteiger partial charge < -0.3 is 9.88 Å². The van der Waals surface area contributed by atoms with Crippen LogP contribution in [0.3, 0.4) is 0 Å². The van der Waals surface area contributed by atoms with Crippen LogP contribution < -0.4 is 5.32 Å². The zero-order valence-electron chi connectivity index (χ0n) is 14.2. The topological polar surface area (TPSA) is 46.0 Å². The van der Waals surface area contributed by atoms with E-state index in [0.29, 0.717) is 0 Å². The first kappa shape index (κ1) is 15.9. The maximum absolute atomic E-state index is 4.50. The molecule has 2 aliphatic rings. The third-order valence-electron chi connectivity index (χ3n) is 5.55. The lowest BCUT2D eigenvalue weighted by Gasteiger charge is -2.34. The average Bonchev–Trinajstić information content (AvgIpc) is 2.90. The van der Waals surface area contributed by atoms with Crippen LogP contribution in [-0.4, -0.2) is 45.3 Å². The molecule has 1 aromatic heterocycles. The summed E-state index contributed by atoms with van der Waals surface area (Å²) >= 11 is 0. The van der Waals surface area contributed by atoms with Crippen LogP contribution in [0.4, 0.5) is 0 Å². The number of piperidine rings is 2. The van der Waals surface area contributed by atoms with Crippen molar-refractivity contribution in [3.63, 3.8) is 0 Å². The van der Waals surface area contributed by atoms with Crippen molar-refractivity contribution in [2.45, 2.75) is 64.5 Å². The van der Waals surface area contributed by atoms with E-state index in [1.54, 1.807) is 0 Å². The fourth-order valence-electron chi connectivity index (χ4n) is 3.97. The van der Waals surface area contributed by atoms with Crippen molar-refractivity contribution in [1.29, 1.82) is 0 Å². The van der Waals surface area contributed by atoms with Gasteiger partial charge >= 0.3 is 0 Å². The highest BCUT2D eigenvalue weighted by atomic mass is 15.3. The Bertz CT molecular complexity index is 464. The minimum Gasteiger partial charge on any atom is -0.317 e. The third kappa shape index (κ3) is 3.69. The van der Waals surface area contributed by atoms with E-state index < -0.39 is 0 Å². The second kappa shape index (κ2) is 7.55. The molecule has 22 heavy (non-hydrogen) atoms. The Labute approximate surface area is 134 Å². The molecule has 0 unspecified atom stereocenters. The molecule has 3 rings (SSSR count). The van der Waals surface area contributed by atoms with E-state index in [9.17, 15) is 0 Å². The molecule has 0 saturated carbocycles. The lowest BCUT2D eigenvalue weighted by molar-refractivity contribution is 0.131. The summed E-state index contributed by atoms with van der Waals surface area (Å²) in [6.45, 7) is 6.80. The van der Waals surface area contributed by atoms with Crippen molar-refractivity contribution in [2.24, 2.45) is 13.0 Å². The zero-order chi connectivity index (χ0) is 15.4. The maximum Gasteiger partial charge on any atom is 0.146 e. The number of hydrogen-bond donors (Lipinski definition) is 1. The van der Waals surface area contributed by atoms with Crippen LogP contribution in [0, 0.1) is 5.92 Å². The summed E-state index contributed by atoms with van der Waals surface area (Å²) in [5, 5.41) is 12.4. The Kier molecular flexibility index (Phi) is 5.47. The number of rotatable bonds is 5. The fourth-order valence-corrected chi connectivity index (χ4v) is 3.97. The fraction of sp³-hybridized carbons (Fsp3) is 0.882. The first-order valence-electron chi connectivity index (χ1n) is 9.09. The van der Waals surface area contributed by atoms with Gasteiger partial charge in [-0.2, -0.15) is 0 Å². The van der Waals surface area contributed by atoms with Crippen LogP contribution in [0.25, 0.3) is 0 Å². The van der Waals surface area contributed by atoms with Crippen molar-refractivity contribution < 1.29 is 0 Å². The monoisotopic (exact) mass is 305 g/mol. The number of hydrogen-bond acceptors (Lipinski definition) is 4. The van der Waals surface area contributed by atoms with Crippen LogP contribution in [0.5, 0.6) is 0 Å². The normalized spacial score (nSPS) is 24.7. The molecule has 2 fully saturated rings. The number of nitrogens with one attached hydrogen (secondary N) is 1. The molecule has 2 saturated heterocycles. The van der Waals surface area contributed by atoms with E-state index in [1.165, 1.54) is 50.9 Å². The highest BCUT2D eigenvalue weighted by Crippen LogP contribution is 2.22. The van der Waals surface area contributed by atoms with E-state index >= 15 is 0 Å². The van der Waals surface area contributed by atoms with Gasteiger partial charge in [0.1, 0.15) is 11.6 Å². The first-order valence-corrected chi connectivity index (χ1v) is 9.09. The molecule has 124 valence electrons. The first-order chi connectivity index (χ1) is 10.8. The van der Waals surface area contributed by atoms with E-state index in [4.69, 9.17) is 0 Å². The molecule has 1 N–H and O–H groups in total. The molecule has 0 radical (unpaired) electrons. The Balaban J connectivity index is 1.62. The highest BCUT2D eigenvalue weighted by Gasteiger charge is 2.23. The van der Waals surface area contributed by atoms with Gasteiger partial charge in [-0.15, -0.1) is 10.2 Å². The summed E-state index contributed by atoms with van der Waals surface area (Å²) in [4.78, 5) is 2.61. The Hall–Kier alpha value is -0.940. The van der Waals surface area contributed by atoms with Gasteiger partial charge in [0.05, 0.1) is 6.54 Å². The average molecular weight is 305 g/mol. The summed E-state index contributed by atoms with van der Waals surface area (Å²) in [5.41, 5.74) is 0. The van der Waals surface area contributed by atoms with Crippen LogP contribution >= 0.6 is 0 Å². The predicted molar refractivity (Wildman–Crippen MR) is 88.6 cm³/mol. The summed E-state index contributed by atoms with van der Waals surface area (Å²) in [6, 6.07) is 0.735. The van der Waals surface area contributed by atoms with Gasteiger partial charge in [-0.25, -0.2) is 0 Å². The minimum atomic E-state index is 0.735. The molecule has 2 aliphatic heterocycles. The van der Waals surface area contributed by atoms with Crippen LogP contribution in [-0.2, 0) is 20.0 Å². The molecule has 5 heteroatoms. The molecule has 1 aromatic rings. The molecule has 0 amide bonds. The summed E-state index contributed by atoms with van der Waals surface area (Å²) in [5.74, 6) is 3.09. The molecule has 5 nitrogen and oxygen atoms in total. The molecule has 3 heterocycles. The lowest BCUT2D eigenvalue weighted by atomic mass is 9.94. The number of nitrogens with zero attached hydrogens (tertiary/aromatic N) is 4. The maximum atomic E-state index is 4.50. The predicted octanol–water partition coefficient (Wildman–Crippen LogP) is 2.12. The summed E-state index contributed by atoms with van der Waals surface area (Å²) < 4.78 is 2.25. The van der Waals surface area contributed by atoms with Crippen molar-refractivity contribution in [1.82, 2.24) is 25.0 Å². The van der Waals surface area contributed by atoms with Crippen molar-refractivity contribution in [3.05, 3.63) is 11.6 Å². The van der Waals surface area contributed by atoms with Crippen LogP contribution in [0.15, 0.2) is 0 Å². The SMILES string of the molecule is CC[C@H]1CCCCN1Cc1nnc(CC2CCNCC2)n1C.